The Morgan fingerprint density at radius 1 is 0.722 bits per heavy atom. The maximum atomic E-state index is 11.2. The van der Waals surface area contributed by atoms with Gasteiger partial charge < -0.3 is 0 Å². The van der Waals surface area contributed by atoms with Crippen LogP contribution in [0.25, 0.3) is 0 Å². The molecule has 8 heteroatoms. The van der Waals surface area contributed by atoms with Gasteiger partial charge in [0.2, 0.25) is 0 Å². The van der Waals surface area contributed by atoms with Crippen LogP contribution in [0.4, 0.5) is 0 Å². The van der Waals surface area contributed by atoms with Crippen LogP contribution in [0, 0.1) is 0 Å². The lowest BCUT2D eigenvalue weighted by molar-refractivity contribution is 0.0447. The van der Waals surface area contributed by atoms with Gasteiger partial charge in [-0.25, -0.2) is 0 Å². The molecule has 0 radical (unpaired) electrons. The Balaban J connectivity index is 2.81. The summed E-state index contributed by atoms with van der Waals surface area (Å²) in [6, 6.07) is 0. The molecule has 1 aliphatic rings. The average Bonchev–Trinajstić information content (AvgIpc) is 2.12. The van der Waals surface area contributed by atoms with E-state index in [4.69, 9.17) is 8.37 Å². The van der Waals surface area contributed by atoms with Crippen LogP contribution < -0.4 is 0 Å². The minimum atomic E-state index is -3.62. The van der Waals surface area contributed by atoms with Crippen molar-refractivity contribution >= 4 is 20.2 Å². The lowest BCUT2D eigenvalue weighted by atomic mass is 9.96. The van der Waals surface area contributed by atoms with E-state index in [2.05, 4.69) is 0 Å². The Labute approximate surface area is 109 Å². The zero-order chi connectivity index (χ0) is 13.8. The molecule has 6 nitrogen and oxygen atoms in total. The van der Waals surface area contributed by atoms with Crippen molar-refractivity contribution in [2.45, 2.75) is 50.7 Å². The molecule has 0 aromatic heterocycles. The van der Waals surface area contributed by atoms with Crippen LogP contribution >= 0.6 is 0 Å². The fourth-order valence-corrected chi connectivity index (χ4v) is 3.42. The van der Waals surface area contributed by atoms with Gasteiger partial charge in [0.15, 0.2) is 0 Å². The normalized spacial score (nSPS) is 27.4. The molecule has 0 saturated heterocycles. The minimum Gasteiger partial charge on any atom is -0.264 e. The molecule has 0 amide bonds. The fraction of sp³-hybridized carbons (Fsp3) is 1.00. The lowest BCUT2D eigenvalue weighted by Gasteiger charge is -2.27. The zero-order valence-electron chi connectivity index (χ0n) is 10.7. The van der Waals surface area contributed by atoms with Crippen molar-refractivity contribution in [3.05, 3.63) is 0 Å². The maximum absolute atomic E-state index is 11.2. The Kier molecular flexibility index (Phi) is 5.57. The topological polar surface area (TPSA) is 86.7 Å². The summed E-state index contributed by atoms with van der Waals surface area (Å²) < 4.78 is 54.6. The van der Waals surface area contributed by atoms with E-state index in [0.717, 1.165) is 38.2 Å². The molecule has 0 N–H and O–H groups in total. The Hall–Kier alpha value is -0.180. The van der Waals surface area contributed by atoms with Crippen molar-refractivity contribution in [3.8, 4) is 0 Å². The molecule has 0 aromatic carbocycles. The molecule has 2 atom stereocenters. The highest BCUT2D eigenvalue weighted by atomic mass is 32.2. The van der Waals surface area contributed by atoms with Crippen molar-refractivity contribution < 1.29 is 25.2 Å². The molecule has 108 valence electrons. The zero-order valence-corrected chi connectivity index (χ0v) is 12.3. The molecule has 1 fully saturated rings. The van der Waals surface area contributed by atoms with Gasteiger partial charge in [0, 0.05) is 0 Å². The van der Waals surface area contributed by atoms with Crippen LogP contribution in [0.1, 0.15) is 38.5 Å². The SMILES string of the molecule is CS(=O)(=O)O[C@H]1CCCCCC[C@H]1OS(C)(=O)=O. The largest absolute Gasteiger partial charge is 0.264 e. The fourth-order valence-electron chi connectivity index (χ4n) is 2.09. The van der Waals surface area contributed by atoms with E-state index in [1.807, 2.05) is 0 Å². The van der Waals surface area contributed by atoms with Crippen LogP contribution in [0.15, 0.2) is 0 Å². The monoisotopic (exact) mass is 300 g/mol. The summed E-state index contributed by atoms with van der Waals surface area (Å²) in [5.41, 5.74) is 0. The maximum Gasteiger partial charge on any atom is 0.264 e. The van der Waals surface area contributed by atoms with E-state index < -0.39 is 32.4 Å². The number of rotatable bonds is 4. The highest BCUT2D eigenvalue weighted by molar-refractivity contribution is 7.86. The minimum absolute atomic E-state index is 0.493. The van der Waals surface area contributed by atoms with E-state index in [0.29, 0.717) is 12.8 Å². The van der Waals surface area contributed by atoms with Crippen LogP contribution in [0.2, 0.25) is 0 Å². The van der Waals surface area contributed by atoms with E-state index in [-0.39, 0.29) is 0 Å². The van der Waals surface area contributed by atoms with E-state index >= 15 is 0 Å². The summed E-state index contributed by atoms with van der Waals surface area (Å²) in [5, 5.41) is 0. The highest BCUT2D eigenvalue weighted by Gasteiger charge is 2.30. The van der Waals surface area contributed by atoms with Crippen molar-refractivity contribution in [2.24, 2.45) is 0 Å². The summed E-state index contributed by atoms with van der Waals surface area (Å²) in [6.45, 7) is 0. The van der Waals surface area contributed by atoms with Gasteiger partial charge in [-0.2, -0.15) is 16.8 Å². The first-order valence-electron chi connectivity index (χ1n) is 5.94. The van der Waals surface area contributed by atoms with E-state index in [9.17, 15) is 16.8 Å². The van der Waals surface area contributed by atoms with Crippen molar-refractivity contribution in [3.63, 3.8) is 0 Å². The van der Waals surface area contributed by atoms with Gasteiger partial charge >= 0.3 is 0 Å². The summed E-state index contributed by atoms with van der Waals surface area (Å²) in [6.07, 6.45) is 5.09. The van der Waals surface area contributed by atoms with Gasteiger partial charge in [-0.15, -0.1) is 0 Å². The summed E-state index contributed by atoms with van der Waals surface area (Å²) in [5.74, 6) is 0. The third-order valence-electron chi connectivity index (χ3n) is 2.74. The van der Waals surface area contributed by atoms with Crippen molar-refractivity contribution in [1.29, 1.82) is 0 Å². The number of hydrogen-bond acceptors (Lipinski definition) is 6. The lowest BCUT2D eigenvalue weighted by Crippen LogP contribution is -2.35. The van der Waals surface area contributed by atoms with E-state index in [1.165, 1.54) is 0 Å². The van der Waals surface area contributed by atoms with Crippen LogP contribution in [-0.4, -0.2) is 41.6 Å². The van der Waals surface area contributed by atoms with Crippen molar-refractivity contribution in [2.75, 3.05) is 12.5 Å². The number of hydrogen-bond donors (Lipinski definition) is 0. The standard InChI is InChI=1S/C10H20O6S2/c1-17(11,12)15-9-7-5-3-4-6-8-10(9)16-18(2,13)14/h9-10H,3-8H2,1-2H3/t9-,10+. The van der Waals surface area contributed by atoms with Gasteiger partial charge in [0.05, 0.1) is 12.5 Å². The third kappa shape index (κ3) is 6.67. The predicted molar refractivity (Wildman–Crippen MR) is 67.1 cm³/mol. The molecule has 18 heavy (non-hydrogen) atoms. The summed E-state index contributed by atoms with van der Waals surface area (Å²) in [7, 11) is -7.23. The predicted octanol–water partition coefficient (Wildman–Crippen LogP) is 1.03. The van der Waals surface area contributed by atoms with Gasteiger partial charge in [-0.1, -0.05) is 25.7 Å². The Morgan fingerprint density at radius 2 is 1.06 bits per heavy atom. The Morgan fingerprint density at radius 3 is 1.33 bits per heavy atom. The molecule has 0 unspecified atom stereocenters. The first-order valence-corrected chi connectivity index (χ1v) is 9.57. The summed E-state index contributed by atoms with van der Waals surface area (Å²) >= 11 is 0. The molecule has 1 rings (SSSR count). The average molecular weight is 300 g/mol. The molecule has 1 aliphatic carbocycles. The molecule has 0 bridgehead atoms. The molecule has 0 aliphatic heterocycles. The first-order chi connectivity index (χ1) is 8.17. The second-order valence-corrected chi connectivity index (χ2v) is 7.87. The molecule has 1 saturated carbocycles. The van der Waals surface area contributed by atoms with Gasteiger partial charge in [-0.05, 0) is 12.8 Å². The summed E-state index contributed by atoms with van der Waals surface area (Å²) in [4.78, 5) is 0. The molecular weight excluding hydrogens is 280 g/mol. The quantitative estimate of drug-likeness (QED) is 0.721. The third-order valence-corrected chi connectivity index (χ3v) is 3.93. The molecule has 0 heterocycles. The van der Waals surface area contributed by atoms with Crippen LogP contribution in [-0.2, 0) is 28.6 Å². The second kappa shape index (κ2) is 6.31. The molecular formula is C10H20O6S2. The van der Waals surface area contributed by atoms with Crippen molar-refractivity contribution in [1.82, 2.24) is 0 Å². The van der Waals surface area contributed by atoms with Gasteiger partial charge in [0.1, 0.15) is 12.2 Å². The van der Waals surface area contributed by atoms with Gasteiger partial charge in [0.25, 0.3) is 20.2 Å². The first kappa shape index (κ1) is 15.9. The molecule has 0 spiro atoms. The van der Waals surface area contributed by atoms with Crippen LogP contribution in [0.3, 0.4) is 0 Å². The van der Waals surface area contributed by atoms with E-state index in [1.54, 1.807) is 0 Å². The van der Waals surface area contributed by atoms with Crippen LogP contribution in [0.5, 0.6) is 0 Å². The smallest absolute Gasteiger partial charge is 0.264 e. The second-order valence-electron chi connectivity index (χ2n) is 4.67. The molecule has 0 aromatic rings. The highest BCUT2D eigenvalue weighted by Crippen LogP contribution is 2.24. The Bertz CT molecular complexity index is 409. The van der Waals surface area contributed by atoms with Gasteiger partial charge in [-0.3, -0.25) is 8.37 Å².